The molecule has 1 aliphatic heterocycles. The normalized spacial score (nSPS) is 18.8. The summed E-state index contributed by atoms with van der Waals surface area (Å²) in [5.41, 5.74) is 0.000581. The van der Waals surface area contributed by atoms with Crippen LogP contribution in [0.4, 0.5) is 4.39 Å². The fourth-order valence-electron chi connectivity index (χ4n) is 2.09. The van der Waals surface area contributed by atoms with E-state index in [1.807, 2.05) is 0 Å². The van der Waals surface area contributed by atoms with E-state index in [9.17, 15) is 14.3 Å². The lowest BCUT2D eigenvalue weighted by Crippen LogP contribution is -2.44. The maximum Gasteiger partial charge on any atom is 0.246 e. The summed E-state index contributed by atoms with van der Waals surface area (Å²) in [7, 11) is 0. The molecule has 0 saturated carbocycles. The average molecular weight is 263 g/mol. The van der Waals surface area contributed by atoms with Crippen molar-refractivity contribution >= 4 is 12.0 Å². The first kappa shape index (κ1) is 13.7. The number of hydrogen-bond donors (Lipinski definition) is 1. The number of benzene rings is 1. The van der Waals surface area contributed by atoms with Crippen LogP contribution < -0.4 is 0 Å². The Morgan fingerprint density at radius 1 is 1.42 bits per heavy atom. The van der Waals surface area contributed by atoms with Crippen LogP contribution >= 0.6 is 0 Å². The highest BCUT2D eigenvalue weighted by Gasteiger charge is 2.28. The van der Waals surface area contributed by atoms with Gasteiger partial charge >= 0.3 is 0 Å². The number of carbonyl (C=O) groups excluding carboxylic acids is 1. The van der Waals surface area contributed by atoms with E-state index in [1.54, 1.807) is 30.0 Å². The Morgan fingerprint density at radius 3 is 2.74 bits per heavy atom. The number of hydrogen-bond acceptors (Lipinski definition) is 2. The van der Waals surface area contributed by atoms with Crippen LogP contribution in [0, 0.1) is 5.82 Å². The summed E-state index contributed by atoms with van der Waals surface area (Å²) >= 11 is 0. The third-order valence-electron chi connectivity index (χ3n) is 3.42. The molecule has 1 aromatic carbocycles. The number of halogens is 1. The van der Waals surface area contributed by atoms with Gasteiger partial charge in [0.15, 0.2) is 0 Å². The van der Waals surface area contributed by atoms with Crippen molar-refractivity contribution in [1.29, 1.82) is 0 Å². The van der Waals surface area contributed by atoms with Gasteiger partial charge in [-0.05, 0) is 43.5 Å². The van der Waals surface area contributed by atoms with Crippen molar-refractivity contribution in [3.05, 3.63) is 41.7 Å². The molecule has 1 aromatic rings. The van der Waals surface area contributed by atoms with Gasteiger partial charge in [0.25, 0.3) is 0 Å². The minimum atomic E-state index is -0.664. The van der Waals surface area contributed by atoms with Crippen LogP contribution in [0.1, 0.15) is 25.3 Å². The summed E-state index contributed by atoms with van der Waals surface area (Å²) < 4.78 is 13.0. The molecule has 1 fully saturated rings. The lowest BCUT2D eigenvalue weighted by atomic mass is 9.94. The van der Waals surface area contributed by atoms with Gasteiger partial charge < -0.3 is 10.0 Å². The summed E-state index contributed by atoms with van der Waals surface area (Å²) in [5, 5.41) is 9.81. The molecule has 0 spiro atoms. The van der Waals surface area contributed by atoms with E-state index in [4.69, 9.17) is 0 Å². The van der Waals surface area contributed by atoms with Crippen LogP contribution in [0.15, 0.2) is 30.3 Å². The van der Waals surface area contributed by atoms with E-state index in [0.29, 0.717) is 31.5 Å². The van der Waals surface area contributed by atoms with Gasteiger partial charge in [0, 0.05) is 19.2 Å². The molecule has 1 saturated heterocycles. The van der Waals surface area contributed by atoms with Crippen LogP contribution in [-0.4, -0.2) is 34.6 Å². The Labute approximate surface area is 112 Å². The van der Waals surface area contributed by atoms with Crippen LogP contribution in [0.25, 0.3) is 6.08 Å². The van der Waals surface area contributed by atoms with Gasteiger partial charge in [-0.1, -0.05) is 12.1 Å². The van der Waals surface area contributed by atoms with Crippen molar-refractivity contribution in [2.24, 2.45) is 0 Å². The number of rotatable bonds is 2. The smallest absolute Gasteiger partial charge is 0.246 e. The quantitative estimate of drug-likeness (QED) is 0.831. The van der Waals surface area contributed by atoms with Crippen molar-refractivity contribution in [2.75, 3.05) is 13.1 Å². The molecule has 1 heterocycles. The maximum atomic E-state index is 13.0. The largest absolute Gasteiger partial charge is 0.390 e. The first-order valence-corrected chi connectivity index (χ1v) is 6.41. The zero-order valence-corrected chi connectivity index (χ0v) is 11.0. The lowest BCUT2D eigenvalue weighted by molar-refractivity contribution is -0.129. The monoisotopic (exact) mass is 263 g/mol. The van der Waals surface area contributed by atoms with Crippen LogP contribution in [0.5, 0.6) is 0 Å². The van der Waals surface area contributed by atoms with Gasteiger partial charge in [0.1, 0.15) is 5.82 Å². The molecule has 19 heavy (non-hydrogen) atoms. The number of aliphatic hydroxyl groups is 1. The van der Waals surface area contributed by atoms with Crippen molar-refractivity contribution < 1.29 is 14.3 Å². The van der Waals surface area contributed by atoms with E-state index >= 15 is 0 Å². The minimum absolute atomic E-state index is 0.0974. The van der Waals surface area contributed by atoms with Crippen LogP contribution in [-0.2, 0) is 4.79 Å². The lowest BCUT2D eigenvalue weighted by Gasteiger charge is -2.35. The minimum Gasteiger partial charge on any atom is -0.390 e. The average Bonchev–Trinajstić information content (AvgIpc) is 2.36. The first-order chi connectivity index (χ1) is 8.96. The van der Waals surface area contributed by atoms with Gasteiger partial charge in [0.2, 0.25) is 5.91 Å². The predicted octanol–water partition coefficient (Wildman–Crippen LogP) is 2.21. The maximum absolute atomic E-state index is 13.0. The zero-order chi connectivity index (χ0) is 13.9. The van der Waals surface area contributed by atoms with Gasteiger partial charge in [-0.15, -0.1) is 0 Å². The highest BCUT2D eigenvalue weighted by Crippen LogP contribution is 2.21. The van der Waals surface area contributed by atoms with E-state index in [0.717, 1.165) is 0 Å². The van der Waals surface area contributed by atoms with Gasteiger partial charge in [-0.2, -0.15) is 0 Å². The van der Waals surface area contributed by atoms with Gasteiger partial charge in [0.05, 0.1) is 5.60 Å². The topological polar surface area (TPSA) is 40.5 Å². The van der Waals surface area contributed by atoms with E-state index in [-0.39, 0.29) is 11.7 Å². The third-order valence-corrected chi connectivity index (χ3v) is 3.42. The second-order valence-corrected chi connectivity index (χ2v) is 5.21. The van der Waals surface area contributed by atoms with Crippen molar-refractivity contribution in [1.82, 2.24) is 4.90 Å². The van der Waals surface area contributed by atoms with Crippen LogP contribution in [0.2, 0.25) is 0 Å². The summed E-state index contributed by atoms with van der Waals surface area (Å²) in [6, 6.07) is 6.10. The summed E-state index contributed by atoms with van der Waals surface area (Å²) in [4.78, 5) is 13.6. The van der Waals surface area contributed by atoms with E-state index < -0.39 is 5.60 Å². The Balaban J connectivity index is 1.95. The number of likely N-dealkylation sites (tertiary alicyclic amines) is 1. The first-order valence-electron chi connectivity index (χ1n) is 6.41. The molecule has 1 amide bonds. The molecule has 0 aliphatic carbocycles. The summed E-state index contributed by atoms with van der Waals surface area (Å²) in [6.07, 6.45) is 4.24. The fourth-order valence-corrected chi connectivity index (χ4v) is 2.09. The number of amides is 1. The number of carbonyl (C=O) groups is 1. The highest BCUT2D eigenvalue weighted by molar-refractivity contribution is 5.91. The molecule has 0 bridgehead atoms. The molecule has 102 valence electrons. The Morgan fingerprint density at radius 2 is 2.11 bits per heavy atom. The second-order valence-electron chi connectivity index (χ2n) is 5.21. The molecule has 4 heteroatoms. The number of piperidine rings is 1. The zero-order valence-electron chi connectivity index (χ0n) is 11.0. The SMILES string of the molecule is CC1(O)CCN(C(=O)/C=C/c2cccc(F)c2)CC1. The molecule has 2 rings (SSSR count). The Hall–Kier alpha value is -1.68. The summed E-state index contributed by atoms with van der Waals surface area (Å²) in [5.74, 6) is -0.414. The molecule has 0 radical (unpaired) electrons. The molecule has 1 N–H and O–H groups in total. The molecule has 3 nitrogen and oxygen atoms in total. The standard InChI is InChI=1S/C15H18FNO2/c1-15(19)7-9-17(10-8-15)14(18)6-5-12-3-2-4-13(16)11-12/h2-6,11,19H,7-10H2,1H3/b6-5+. The molecule has 0 unspecified atom stereocenters. The summed E-state index contributed by atoms with van der Waals surface area (Å²) in [6.45, 7) is 2.90. The van der Waals surface area contributed by atoms with Crippen molar-refractivity contribution in [3.63, 3.8) is 0 Å². The van der Waals surface area contributed by atoms with Crippen molar-refractivity contribution in [3.8, 4) is 0 Å². The van der Waals surface area contributed by atoms with Gasteiger partial charge in [-0.25, -0.2) is 4.39 Å². The van der Waals surface area contributed by atoms with E-state index in [2.05, 4.69) is 0 Å². The Kier molecular flexibility index (Phi) is 4.00. The Bertz CT molecular complexity index is 487. The predicted molar refractivity (Wildman–Crippen MR) is 71.9 cm³/mol. The fraction of sp³-hybridized carbons (Fsp3) is 0.400. The second kappa shape index (κ2) is 5.53. The van der Waals surface area contributed by atoms with Crippen molar-refractivity contribution in [2.45, 2.75) is 25.4 Å². The molecular weight excluding hydrogens is 245 g/mol. The third kappa shape index (κ3) is 3.89. The van der Waals surface area contributed by atoms with Crippen LogP contribution in [0.3, 0.4) is 0 Å². The van der Waals surface area contributed by atoms with E-state index in [1.165, 1.54) is 18.2 Å². The molecule has 0 atom stereocenters. The molecule has 1 aliphatic rings. The molecule has 0 aromatic heterocycles. The number of nitrogens with zero attached hydrogens (tertiary/aromatic N) is 1. The highest BCUT2D eigenvalue weighted by atomic mass is 19.1. The van der Waals surface area contributed by atoms with Gasteiger partial charge in [-0.3, -0.25) is 4.79 Å². The molecular formula is C15H18FNO2.